The Morgan fingerprint density at radius 1 is 1.13 bits per heavy atom. The minimum Gasteiger partial charge on any atom is -0.355 e. The summed E-state index contributed by atoms with van der Waals surface area (Å²) in [6.45, 7) is 4.55. The van der Waals surface area contributed by atoms with Gasteiger partial charge in [-0.3, -0.25) is 4.79 Å². The molecule has 4 rings (SSSR count). The minimum absolute atomic E-state index is 0.0505. The van der Waals surface area contributed by atoms with Gasteiger partial charge < -0.3 is 20.0 Å². The molecule has 1 aromatic heterocycles. The van der Waals surface area contributed by atoms with Crippen LogP contribution in [0.2, 0.25) is 0 Å². The number of likely N-dealkylation sites (tertiary alicyclic amines) is 1. The number of nitrogens with one attached hydrogen (secondary N) is 1. The summed E-state index contributed by atoms with van der Waals surface area (Å²) in [7, 11) is 3.65. The van der Waals surface area contributed by atoms with Crippen LogP contribution in [0.15, 0.2) is 48.7 Å². The summed E-state index contributed by atoms with van der Waals surface area (Å²) in [5, 5.41) is 3.06. The fraction of sp³-hybridized carbons (Fsp3) is 0.458. The van der Waals surface area contributed by atoms with Crippen LogP contribution in [0.5, 0.6) is 0 Å². The summed E-state index contributed by atoms with van der Waals surface area (Å²) in [6, 6.07) is 13.6. The van der Waals surface area contributed by atoms with Gasteiger partial charge in [0.25, 0.3) is 0 Å². The predicted octanol–water partition coefficient (Wildman–Crippen LogP) is 3.23. The highest BCUT2D eigenvalue weighted by Gasteiger charge is 2.54. The Hall–Kier alpha value is -3.09. The lowest BCUT2D eigenvalue weighted by molar-refractivity contribution is -0.141. The third-order valence-corrected chi connectivity index (χ3v) is 6.67. The summed E-state index contributed by atoms with van der Waals surface area (Å²) in [6.07, 6.45) is 3.35. The van der Waals surface area contributed by atoms with E-state index in [1.54, 1.807) is 11.1 Å². The molecular formula is C24H31N5O2. The van der Waals surface area contributed by atoms with E-state index in [1.807, 2.05) is 68.4 Å². The van der Waals surface area contributed by atoms with Crippen LogP contribution in [0.3, 0.4) is 0 Å². The van der Waals surface area contributed by atoms with Crippen molar-refractivity contribution < 1.29 is 9.59 Å². The molecule has 2 fully saturated rings. The number of aromatic nitrogens is 1. The number of benzene rings is 1. The Morgan fingerprint density at radius 3 is 2.61 bits per heavy atom. The number of urea groups is 1. The fourth-order valence-corrected chi connectivity index (χ4v) is 5.04. The number of hydrogen-bond donors (Lipinski definition) is 1. The SMILES string of the molecule is Cc1ccccc1NC(=O)N1CCC[C@@]2(C(=O)N(C)C)CN(c3ccccn3)C[C@H]2C1. The van der Waals surface area contributed by atoms with E-state index in [0.717, 1.165) is 29.9 Å². The molecule has 7 heteroatoms. The number of carbonyl (C=O) groups excluding carboxylic acids is 2. The van der Waals surface area contributed by atoms with Crippen molar-refractivity contribution in [2.24, 2.45) is 11.3 Å². The average molecular weight is 422 g/mol. The normalized spacial score (nSPS) is 23.1. The van der Waals surface area contributed by atoms with Crippen LogP contribution in [-0.4, -0.2) is 67.0 Å². The molecule has 7 nitrogen and oxygen atoms in total. The number of para-hydroxylation sites is 1. The maximum atomic E-state index is 13.4. The molecule has 2 aliphatic rings. The van der Waals surface area contributed by atoms with Gasteiger partial charge in [0, 0.05) is 58.1 Å². The standard InChI is InChI=1S/C24H31N5O2/c1-18-9-4-5-10-20(18)26-23(31)28-14-8-12-24(22(30)27(2)3)17-29(16-19(24)15-28)21-11-6-7-13-25-21/h4-7,9-11,13,19H,8,12,14-17H2,1-3H3,(H,26,31)/t19-,24-/m1/s1. The Labute approximate surface area is 184 Å². The Balaban J connectivity index is 1.58. The topological polar surface area (TPSA) is 68.8 Å². The number of aryl methyl sites for hydroxylation is 1. The summed E-state index contributed by atoms with van der Waals surface area (Å²) in [4.78, 5) is 36.8. The van der Waals surface area contributed by atoms with Gasteiger partial charge in [-0.25, -0.2) is 9.78 Å². The number of nitrogens with zero attached hydrogens (tertiary/aromatic N) is 4. The first-order chi connectivity index (χ1) is 14.9. The largest absolute Gasteiger partial charge is 0.355 e. The van der Waals surface area contributed by atoms with E-state index >= 15 is 0 Å². The number of anilines is 2. The number of carbonyl (C=O) groups is 2. The zero-order chi connectivity index (χ0) is 22.0. The minimum atomic E-state index is -0.501. The molecule has 0 spiro atoms. The fourth-order valence-electron chi connectivity index (χ4n) is 5.04. The van der Waals surface area contributed by atoms with Gasteiger partial charge in [0.1, 0.15) is 5.82 Å². The monoisotopic (exact) mass is 421 g/mol. The molecule has 2 aliphatic heterocycles. The van der Waals surface area contributed by atoms with Crippen LogP contribution < -0.4 is 10.2 Å². The van der Waals surface area contributed by atoms with Gasteiger partial charge in [0.05, 0.1) is 5.41 Å². The second-order valence-electron chi connectivity index (χ2n) is 8.92. The lowest BCUT2D eigenvalue weighted by atomic mass is 9.74. The van der Waals surface area contributed by atoms with Gasteiger partial charge in [0.2, 0.25) is 5.91 Å². The van der Waals surface area contributed by atoms with E-state index in [0.29, 0.717) is 26.2 Å². The molecule has 2 atom stereocenters. The number of hydrogen-bond acceptors (Lipinski definition) is 4. The highest BCUT2D eigenvalue weighted by molar-refractivity contribution is 5.90. The Morgan fingerprint density at radius 2 is 1.90 bits per heavy atom. The van der Waals surface area contributed by atoms with E-state index in [2.05, 4.69) is 15.2 Å². The first kappa shape index (κ1) is 21.2. The Bertz CT molecular complexity index is 948. The van der Waals surface area contributed by atoms with Crippen LogP contribution in [-0.2, 0) is 4.79 Å². The highest BCUT2D eigenvalue weighted by Crippen LogP contribution is 2.45. The lowest BCUT2D eigenvalue weighted by Gasteiger charge is -2.34. The number of rotatable bonds is 3. The first-order valence-electron chi connectivity index (χ1n) is 10.9. The van der Waals surface area contributed by atoms with Gasteiger partial charge in [0.15, 0.2) is 0 Å². The van der Waals surface area contributed by atoms with Crippen molar-refractivity contribution >= 4 is 23.4 Å². The van der Waals surface area contributed by atoms with Gasteiger partial charge in [-0.2, -0.15) is 0 Å². The van der Waals surface area contributed by atoms with Crippen LogP contribution in [0.1, 0.15) is 18.4 Å². The van der Waals surface area contributed by atoms with E-state index in [4.69, 9.17) is 0 Å². The number of pyridine rings is 1. The second kappa shape index (κ2) is 8.57. The van der Waals surface area contributed by atoms with E-state index in [9.17, 15) is 9.59 Å². The third-order valence-electron chi connectivity index (χ3n) is 6.67. The molecule has 2 aromatic rings. The molecular weight excluding hydrogens is 390 g/mol. The lowest BCUT2D eigenvalue weighted by Crippen LogP contribution is -2.48. The van der Waals surface area contributed by atoms with Crippen molar-refractivity contribution in [1.82, 2.24) is 14.8 Å². The molecule has 0 unspecified atom stereocenters. The van der Waals surface area contributed by atoms with Crippen LogP contribution in [0.25, 0.3) is 0 Å². The van der Waals surface area contributed by atoms with E-state index < -0.39 is 5.41 Å². The van der Waals surface area contributed by atoms with Crippen molar-refractivity contribution in [3.63, 3.8) is 0 Å². The molecule has 3 amide bonds. The zero-order valence-corrected chi connectivity index (χ0v) is 18.5. The van der Waals surface area contributed by atoms with Gasteiger partial charge in [-0.15, -0.1) is 0 Å². The predicted molar refractivity (Wildman–Crippen MR) is 122 cm³/mol. The van der Waals surface area contributed by atoms with Crippen molar-refractivity contribution in [3.05, 3.63) is 54.2 Å². The molecule has 0 aliphatic carbocycles. The Kier molecular flexibility index (Phi) is 5.85. The zero-order valence-electron chi connectivity index (χ0n) is 18.5. The maximum absolute atomic E-state index is 13.4. The van der Waals surface area contributed by atoms with Crippen LogP contribution >= 0.6 is 0 Å². The van der Waals surface area contributed by atoms with Gasteiger partial charge in [-0.05, 0) is 43.5 Å². The third kappa shape index (κ3) is 4.09. The first-order valence-corrected chi connectivity index (χ1v) is 10.9. The molecule has 0 radical (unpaired) electrons. The van der Waals surface area contributed by atoms with Crippen LogP contribution in [0.4, 0.5) is 16.3 Å². The number of amides is 3. The highest BCUT2D eigenvalue weighted by atomic mass is 16.2. The van der Waals surface area contributed by atoms with Crippen molar-refractivity contribution in [2.45, 2.75) is 19.8 Å². The molecule has 3 heterocycles. The van der Waals surface area contributed by atoms with E-state index in [1.165, 1.54) is 0 Å². The van der Waals surface area contributed by atoms with Gasteiger partial charge in [-0.1, -0.05) is 24.3 Å². The van der Waals surface area contributed by atoms with Crippen molar-refractivity contribution in [3.8, 4) is 0 Å². The van der Waals surface area contributed by atoms with Crippen LogP contribution in [0, 0.1) is 18.3 Å². The van der Waals surface area contributed by atoms with E-state index in [-0.39, 0.29) is 17.9 Å². The second-order valence-corrected chi connectivity index (χ2v) is 8.92. The summed E-state index contributed by atoms with van der Waals surface area (Å²) in [5.41, 5.74) is 1.36. The average Bonchev–Trinajstić information content (AvgIpc) is 3.04. The summed E-state index contributed by atoms with van der Waals surface area (Å²) in [5.74, 6) is 1.09. The molecule has 1 N–H and O–H groups in total. The smallest absolute Gasteiger partial charge is 0.321 e. The quantitative estimate of drug-likeness (QED) is 0.826. The summed E-state index contributed by atoms with van der Waals surface area (Å²) >= 11 is 0. The molecule has 164 valence electrons. The summed E-state index contributed by atoms with van der Waals surface area (Å²) < 4.78 is 0. The molecule has 0 saturated carbocycles. The van der Waals surface area contributed by atoms with Crippen molar-refractivity contribution in [2.75, 3.05) is 50.5 Å². The number of fused-ring (bicyclic) bond motifs is 1. The maximum Gasteiger partial charge on any atom is 0.321 e. The molecule has 2 saturated heterocycles. The van der Waals surface area contributed by atoms with Gasteiger partial charge >= 0.3 is 6.03 Å². The molecule has 0 bridgehead atoms. The molecule has 31 heavy (non-hydrogen) atoms. The molecule has 1 aromatic carbocycles. The van der Waals surface area contributed by atoms with Crippen molar-refractivity contribution in [1.29, 1.82) is 0 Å².